The van der Waals surface area contributed by atoms with Crippen LogP contribution in [0.3, 0.4) is 0 Å². The number of hydrogen-bond acceptors (Lipinski definition) is 3. The maximum absolute atomic E-state index is 12.0. The van der Waals surface area contributed by atoms with Gasteiger partial charge in [-0.15, -0.1) is 0 Å². The number of carbonyl (C=O) groups is 1. The fourth-order valence-electron chi connectivity index (χ4n) is 1.98. The van der Waals surface area contributed by atoms with Crippen LogP contribution < -0.4 is 10.6 Å². The first-order valence-corrected chi connectivity index (χ1v) is 7.30. The van der Waals surface area contributed by atoms with Gasteiger partial charge >= 0.3 is 0 Å². The summed E-state index contributed by atoms with van der Waals surface area (Å²) in [5.74, 6) is -0.0360. The van der Waals surface area contributed by atoms with Gasteiger partial charge in [0.15, 0.2) is 0 Å². The second-order valence-electron chi connectivity index (χ2n) is 4.87. The standard InChI is InChI=1S/C17H21N3O/c1-2-10-19-16-5-3-15(4-6-16)17(21)20-13-9-14-7-11-18-12-8-14/h3-8,11-12,19H,2,9-10,13H2,1H3,(H,20,21). The molecule has 0 bridgehead atoms. The van der Waals surface area contributed by atoms with E-state index >= 15 is 0 Å². The number of carbonyl (C=O) groups excluding carboxylic acids is 1. The highest BCUT2D eigenvalue weighted by Crippen LogP contribution is 2.09. The summed E-state index contributed by atoms with van der Waals surface area (Å²) in [6.45, 7) is 3.69. The Morgan fingerprint density at radius 1 is 1.05 bits per heavy atom. The summed E-state index contributed by atoms with van der Waals surface area (Å²) >= 11 is 0. The quantitative estimate of drug-likeness (QED) is 0.821. The van der Waals surface area contributed by atoms with Gasteiger partial charge in [0.2, 0.25) is 0 Å². The van der Waals surface area contributed by atoms with Crippen LogP contribution in [-0.2, 0) is 6.42 Å². The molecule has 0 unspecified atom stereocenters. The number of rotatable bonds is 7. The predicted octanol–water partition coefficient (Wildman–Crippen LogP) is 2.88. The molecule has 1 heterocycles. The smallest absolute Gasteiger partial charge is 0.251 e. The van der Waals surface area contributed by atoms with Crippen molar-refractivity contribution in [3.05, 3.63) is 59.9 Å². The molecule has 1 aromatic carbocycles. The molecular weight excluding hydrogens is 262 g/mol. The number of nitrogens with one attached hydrogen (secondary N) is 2. The van der Waals surface area contributed by atoms with Crippen LogP contribution in [0.1, 0.15) is 29.3 Å². The van der Waals surface area contributed by atoms with Crippen molar-refractivity contribution < 1.29 is 4.79 Å². The summed E-state index contributed by atoms with van der Waals surface area (Å²) in [6.07, 6.45) is 5.42. The molecule has 1 aromatic heterocycles. The van der Waals surface area contributed by atoms with Crippen molar-refractivity contribution in [1.29, 1.82) is 0 Å². The van der Waals surface area contributed by atoms with Crippen molar-refractivity contribution in [1.82, 2.24) is 10.3 Å². The Bertz CT molecular complexity index is 552. The maximum atomic E-state index is 12.0. The van der Waals surface area contributed by atoms with Gasteiger partial charge in [-0.2, -0.15) is 0 Å². The van der Waals surface area contributed by atoms with E-state index in [1.807, 2.05) is 36.4 Å². The SMILES string of the molecule is CCCNc1ccc(C(=O)NCCc2ccncc2)cc1. The zero-order chi connectivity index (χ0) is 14.9. The molecule has 0 saturated heterocycles. The van der Waals surface area contributed by atoms with E-state index in [2.05, 4.69) is 22.5 Å². The highest BCUT2D eigenvalue weighted by molar-refractivity contribution is 5.94. The van der Waals surface area contributed by atoms with Crippen molar-refractivity contribution >= 4 is 11.6 Å². The first kappa shape index (κ1) is 15.0. The highest BCUT2D eigenvalue weighted by Gasteiger charge is 2.04. The Kier molecular flexibility index (Phi) is 5.76. The third-order valence-electron chi connectivity index (χ3n) is 3.17. The van der Waals surface area contributed by atoms with E-state index in [1.54, 1.807) is 12.4 Å². The molecule has 2 N–H and O–H groups in total. The van der Waals surface area contributed by atoms with Crippen LogP contribution in [0.15, 0.2) is 48.8 Å². The lowest BCUT2D eigenvalue weighted by atomic mass is 10.1. The fourth-order valence-corrected chi connectivity index (χ4v) is 1.98. The molecule has 0 spiro atoms. The summed E-state index contributed by atoms with van der Waals surface area (Å²) in [6, 6.07) is 11.5. The minimum absolute atomic E-state index is 0.0360. The normalized spacial score (nSPS) is 10.1. The highest BCUT2D eigenvalue weighted by atomic mass is 16.1. The van der Waals surface area contributed by atoms with E-state index in [9.17, 15) is 4.79 Å². The van der Waals surface area contributed by atoms with Crippen LogP contribution in [0, 0.1) is 0 Å². The Balaban J connectivity index is 1.80. The molecule has 0 aliphatic carbocycles. The Hall–Kier alpha value is -2.36. The van der Waals surface area contributed by atoms with Crippen molar-refractivity contribution in [3.63, 3.8) is 0 Å². The number of hydrogen-bond donors (Lipinski definition) is 2. The molecule has 0 aliphatic heterocycles. The largest absolute Gasteiger partial charge is 0.385 e. The third kappa shape index (κ3) is 4.91. The van der Waals surface area contributed by atoms with Crippen molar-refractivity contribution in [2.45, 2.75) is 19.8 Å². The van der Waals surface area contributed by atoms with Crippen LogP contribution >= 0.6 is 0 Å². The zero-order valence-electron chi connectivity index (χ0n) is 12.3. The zero-order valence-corrected chi connectivity index (χ0v) is 12.3. The van der Waals surface area contributed by atoms with E-state index < -0.39 is 0 Å². The molecular formula is C17H21N3O. The second-order valence-corrected chi connectivity index (χ2v) is 4.87. The van der Waals surface area contributed by atoms with Crippen LogP contribution in [-0.4, -0.2) is 24.0 Å². The van der Waals surface area contributed by atoms with E-state index in [0.29, 0.717) is 12.1 Å². The molecule has 0 aliphatic rings. The van der Waals surface area contributed by atoms with Crippen molar-refractivity contribution in [2.75, 3.05) is 18.4 Å². The Morgan fingerprint density at radius 3 is 2.43 bits per heavy atom. The summed E-state index contributed by atoms with van der Waals surface area (Å²) in [4.78, 5) is 16.0. The molecule has 0 fully saturated rings. The number of benzene rings is 1. The predicted molar refractivity (Wildman–Crippen MR) is 85.5 cm³/mol. The lowest BCUT2D eigenvalue weighted by Gasteiger charge is -2.07. The van der Waals surface area contributed by atoms with Gasteiger partial charge in [-0.3, -0.25) is 9.78 Å². The number of pyridine rings is 1. The molecule has 2 aromatic rings. The number of aromatic nitrogens is 1. The topological polar surface area (TPSA) is 54.0 Å². The van der Waals surface area contributed by atoms with E-state index in [1.165, 1.54) is 5.56 Å². The molecule has 1 amide bonds. The van der Waals surface area contributed by atoms with Gasteiger partial charge in [0, 0.05) is 36.7 Å². The average Bonchev–Trinajstić information content (AvgIpc) is 2.54. The second kappa shape index (κ2) is 8.04. The van der Waals surface area contributed by atoms with Gasteiger partial charge in [-0.05, 0) is 54.8 Å². The van der Waals surface area contributed by atoms with E-state index in [4.69, 9.17) is 0 Å². The van der Waals surface area contributed by atoms with E-state index in [0.717, 1.165) is 25.1 Å². The monoisotopic (exact) mass is 283 g/mol. The van der Waals surface area contributed by atoms with Crippen LogP contribution in [0.4, 0.5) is 5.69 Å². The fraction of sp³-hybridized carbons (Fsp3) is 0.294. The summed E-state index contributed by atoms with van der Waals surface area (Å²) in [5, 5.41) is 6.22. The number of amides is 1. The van der Waals surface area contributed by atoms with Crippen LogP contribution in [0.5, 0.6) is 0 Å². The average molecular weight is 283 g/mol. The maximum Gasteiger partial charge on any atom is 0.251 e. The first-order valence-electron chi connectivity index (χ1n) is 7.30. The summed E-state index contributed by atoms with van der Waals surface area (Å²) in [7, 11) is 0. The van der Waals surface area contributed by atoms with Gasteiger partial charge in [-0.1, -0.05) is 6.92 Å². The molecule has 0 atom stereocenters. The summed E-state index contributed by atoms with van der Waals surface area (Å²) < 4.78 is 0. The third-order valence-corrected chi connectivity index (χ3v) is 3.17. The molecule has 2 rings (SSSR count). The van der Waals surface area contributed by atoms with Gasteiger partial charge < -0.3 is 10.6 Å². The lowest BCUT2D eigenvalue weighted by molar-refractivity contribution is 0.0954. The minimum atomic E-state index is -0.0360. The van der Waals surface area contributed by atoms with Crippen LogP contribution in [0.25, 0.3) is 0 Å². The molecule has 4 nitrogen and oxygen atoms in total. The van der Waals surface area contributed by atoms with Crippen molar-refractivity contribution in [3.8, 4) is 0 Å². The number of nitrogens with zero attached hydrogens (tertiary/aromatic N) is 1. The summed E-state index contributed by atoms with van der Waals surface area (Å²) in [5.41, 5.74) is 2.90. The van der Waals surface area contributed by atoms with E-state index in [-0.39, 0.29) is 5.91 Å². The molecule has 4 heteroatoms. The molecule has 0 saturated carbocycles. The molecule has 110 valence electrons. The first-order chi connectivity index (χ1) is 10.3. The van der Waals surface area contributed by atoms with Gasteiger partial charge in [0.05, 0.1) is 0 Å². The Labute approximate surface area is 125 Å². The number of anilines is 1. The Morgan fingerprint density at radius 2 is 1.76 bits per heavy atom. The van der Waals surface area contributed by atoms with Gasteiger partial charge in [0.25, 0.3) is 5.91 Å². The minimum Gasteiger partial charge on any atom is -0.385 e. The van der Waals surface area contributed by atoms with Crippen LogP contribution in [0.2, 0.25) is 0 Å². The lowest BCUT2D eigenvalue weighted by Crippen LogP contribution is -2.25. The van der Waals surface area contributed by atoms with Gasteiger partial charge in [-0.25, -0.2) is 0 Å². The molecule has 21 heavy (non-hydrogen) atoms. The van der Waals surface area contributed by atoms with Gasteiger partial charge in [0.1, 0.15) is 0 Å². The van der Waals surface area contributed by atoms with Crippen molar-refractivity contribution in [2.24, 2.45) is 0 Å². The molecule has 0 radical (unpaired) electrons.